The topological polar surface area (TPSA) is 59.2 Å². The Balaban J connectivity index is 2.28. The molecule has 0 aliphatic carbocycles. The van der Waals surface area contributed by atoms with Crippen molar-refractivity contribution in [3.63, 3.8) is 0 Å². The lowest BCUT2D eigenvalue weighted by Gasteiger charge is -2.40. The standard InChI is InChI=1S/C13H18FN3O/c1-9-3-2-4-10(7-15)17(9)13(18)11-5-6-16-8-12(11)14/h5-6,8-10H,2-4,7,15H2,1H3. The van der Waals surface area contributed by atoms with Crippen molar-refractivity contribution in [3.05, 3.63) is 29.8 Å². The lowest BCUT2D eigenvalue weighted by molar-refractivity contribution is 0.0489. The third kappa shape index (κ3) is 2.36. The molecular formula is C13H18FN3O. The van der Waals surface area contributed by atoms with Gasteiger partial charge in [0.15, 0.2) is 5.82 Å². The summed E-state index contributed by atoms with van der Waals surface area (Å²) in [5, 5.41) is 0. The monoisotopic (exact) mass is 251 g/mol. The van der Waals surface area contributed by atoms with E-state index in [2.05, 4.69) is 4.98 Å². The SMILES string of the molecule is CC1CCCC(CN)N1C(=O)c1ccncc1F. The molecule has 2 atom stereocenters. The maximum atomic E-state index is 13.6. The van der Waals surface area contributed by atoms with Crippen LogP contribution in [0.15, 0.2) is 18.5 Å². The molecule has 1 aromatic heterocycles. The van der Waals surface area contributed by atoms with Crippen molar-refractivity contribution in [1.29, 1.82) is 0 Å². The molecule has 1 aliphatic rings. The van der Waals surface area contributed by atoms with E-state index in [1.54, 1.807) is 4.90 Å². The van der Waals surface area contributed by atoms with Crippen molar-refractivity contribution >= 4 is 5.91 Å². The maximum absolute atomic E-state index is 13.6. The number of hydrogen-bond donors (Lipinski definition) is 1. The molecule has 2 unspecified atom stereocenters. The van der Waals surface area contributed by atoms with Crippen molar-refractivity contribution in [2.45, 2.75) is 38.3 Å². The lowest BCUT2D eigenvalue weighted by atomic mass is 9.95. The Hall–Kier alpha value is -1.49. The Morgan fingerprint density at radius 2 is 2.39 bits per heavy atom. The Kier molecular flexibility index (Phi) is 3.91. The number of amides is 1. The van der Waals surface area contributed by atoms with Gasteiger partial charge in [-0.05, 0) is 32.3 Å². The Morgan fingerprint density at radius 1 is 1.61 bits per heavy atom. The molecule has 2 N–H and O–H groups in total. The summed E-state index contributed by atoms with van der Waals surface area (Å²) in [6.45, 7) is 2.40. The van der Waals surface area contributed by atoms with Gasteiger partial charge in [-0.3, -0.25) is 9.78 Å². The number of halogens is 1. The number of pyridine rings is 1. The first kappa shape index (κ1) is 13.0. The minimum Gasteiger partial charge on any atom is -0.332 e. The molecular weight excluding hydrogens is 233 g/mol. The van der Waals surface area contributed by atoms with E-state index in [1.165, 1.54) is 12.3 Å². The average Bonchev–Trinajstić information content (AvgIpc) is 2.38. The predicted octanol–water partition coefficient (Wildman–Crippen LogP) is 1.56. The number of likely N-dealkylation sites (tertiary alicyclic amines) is 1. The highest BCUT2D eigenvalue weighted by Crippen LogP contribution is 2.24. The highest BCUT2D eigenvalue weighted by Gasteiger charge is 2.32. The fourth-order valence-electron chi connectivity index (χ4n) is 2.57. The smallest absolute Gasteiger partial charge is 0.257 e. The van der Waals surface area contributed by atoms with Gasteiger partial charge in [-0.15, -0.1) is 0 Å². The van der Waals surface area contributed by atoms with Crippen molar-refractivity contribution in [2.75, 3.05) is 6.54 Å². The van der Waals surface area contributed by atoms with Gasteiger partial charge >= 0.3 is 0 Å². The van der Waals surface area contributed by atoms with E-state index < -0.39 is 5.82 Å². The van der Waals surface area contributed by atoms with Gasteiger partial charge in [0.25, 0.3) is 5.91 Å². The molecule has 0 aromatic carbocycles. The molecule has 1 fully saturated rings. The summed E-state index contributed by atoms with van der Waals surface area (Å²) in [5.74, 6) is -0.853. The van der Waals surface area contributed by atoms with Crippen molar-refractivity contribution in [1.82, 2.24) is 9.88 Å². The van der Waals surface area contributed by atoms with Gasteiger partial charge < -0.3 is 10.6 Å². The van der Waals surface area contributed by atoms with Crippen LogP contribution in [-0.2, 0) is 0 Å². The molecule has 2 heterocycles. The van der Waals surface area contributed by atoms with Crippen molar-refractivity contribution < 1.29 is 9.18 Å². The Labute approximate surface area is 106 Å². The minimum atomic E-state index is -0.573. The molecule has 18 heavy (non-hydrogen) atoms. The number of hydrogen-bond acceptors (Lipinski definition) is 3. The molecule has 1 amide bonds. The van der Waals surface area contributed by atoms with Crippen LogP contribution >= 0.6 is 0 Å². The zero-order chi connectivity index (χ0) is 13.1. The fourth-order valence-corrected chi connectivity index (χ4v) is 2.57. The third-order valence-electron chi connectivity index (χ3n) is 3.54. The van der Waals surface area contributed by atoms with Gasteiger partial charge in [-0.1, -0.05) is 0 Å². The summed E-state index contributed by atoms with van der Waals surface area (Å²) < 4.78 is 13.6. The minimum absolute atomic E-state index is 0.00816. The van der Waals surface area contributed by atoms with Crippen LogP contribution < -0.4 is 5.73 Å². The maximum Gasteiger partial charge on any atom is 0.257 e. The number of nitrogens with zero attached hydrogens (tertiary/aromatic N) is 2. The van der Waals surface area contributed by atoms with Gasteiger partial charge in [0.1, 0.15) is 0 Å². The number of rotatable bonds is 2. The quantitative estimate of drug-likeness (QED) is 0.867. The van der Waals surface area contributed by atoms with Crippen LogP contribution in [0.25, 0.3) is 0 Å². The second-order valence-electron chi connectivity index (χ2n) is 4.74. The first-order valence-corrected chi connectivity index (χ1v) is 6.27. The van der Waals surface area contributed by atoms with E-state index in [9.17, 15) is 9.18 Å². The first-order chi connectivity index (χ1) is 8.65. The Bertz CT molecular complexity index is 438. The van der Waals surface area contributed by atoms with E-state index >= 15 is 0 Å². The summed E-state index contributed by atoms with van der Waals surface area (Å²) in [7, 11) is 0. The molecule has 0 saturated carbocycles. The van der Waals surface area contributed by atoms with E-state index in [1.807, 2.05) is 6.92 Å². The van der Waals surface area contributed by atoms with Crippen LogP contribution in [0.3, 0.4) is 0 Å². The summed E-state index contributed by atoms with van der Waals surface area (Å²) in [6, 6.07) is 1.54. The molecule has 5 heteroatoms. The molecule has 0 radical (unpaired) electrons. The number of carbonyl (C=O) groups is 1. The third-order valence-corrected chi connectivity index (χ3v) is 3.54. The van der Waals surface area contributed by atoms with Crippen LogP contribution in [0.4, 0.5) is 4.39 Å². The molecule has 2 rings (SSSR count). The van der Waals surface area contributed by atoms with Crippen molar-refractivity contribution in [2.24, 2.45) is 5.73 Å². The molecule has 4 nitrogen and oxygen atoms in total. The van der Waals surface area contributed by atoms with Gasteiger partial charge in [-0.2, -0.15) is 0 Å². The van der Waals surface area contributed by atoms with Gasteiger partial charge in [0.05, 0.1) is 11.8 Å². The summed E-state index contributed by atoms with van der Waals surface area (Å²) in [4.78, 5) is 17.8. The highest BCUT2D eigenvalue weighted by molar-refractivity contribution is 5.94. The predicted molar refractivity (Wildman–Crippen MR) is 66.5 cm³/mol. The molecule has 0 bridgehead atoms. The number of aromatic nitrogens is 1. The van der Waals surface area contributed by atoms with Crippen molar-refractivity contribution in [3.8, 4) is 0 Å². The second kappa shape index (κ2) is 5.44. The number of nitrogens with two attached hydrogens (primary N) is 1. The van der Waals surface area contributed by atoms with E-state index in [0.717, 1.165) is 25.5 Å². The summed E-state index contributed by atoms with van der Waals surface area (Å²) in [6.07, 6.45) is 5.39. The largest absolute Gasteiger partial charge is 0.332 e. The summed E-state index contributed by atoms with van der Waals surface area (Å²) >= 11 is 0. The second-order valence-corrected chi connectivity index (χ2v) is 4.74. The van der Waals surface area contributed by atoms with E-state index in [4.69, 9.17) is 5.73 Å². The molecule has 1 saturated heterocycles. The van der Waals surface area contributed by atoms with Crippen LogP contribution in [0.5, 0.6) is 0 Å². The average molecular weight is 251 g/mol. The molecule has 1 aliphatic heterocycles. The number of piperidine rings is 1. The molecule has 0 spiro atoms. The summed E-state index contributed by atoms with van der Waals surface area (Å²) in [5.41, 5.74) is 5.79. The normalized spacial score (nSPS) is 24.1. The molecule has 1 aromatic rings. The van der Waals surface area contributed by atoms with E-state index in [0.29, 0.717) is 6.54 Å². The fraction of sp³-hybridized carbons (Fsp3) is 0.538. The zero-order valence-electron chi connectivity index (χ0n) is 10.5. The van der Waals surface area contributed by atoms with Gasteiger partial charge in [0.2, 0.25) is 0 Å². The van der Waals surface area contributed by atoms with Crippen LogP contribution in [0.2, 0.25) is 0 Å². The van der Waals surface area contributed by atoms with Crippen LogP contribution in [0.1, 0.15) is 36.5 Å². The Morgan fingerprint density at radius 3 is 3.06 bits per heavy atom. The number of carbonyl (C=O) groups excluding carboxylic acids is 1. The molecule has 98 valence electrons. The lowest BCUT2D eigenvalue weighted by Crippen LogP contribution is -2.52. The first-order valence-electron chi connectivity index (χ1n) is 6.27. The van der Waals surface area contributed by atoms with Gasteiger partial charge in [0, 0.05) is 24.8 Å². The van der Waals surface area contributed by atoms with E-state index in [-0.39, 0.29) is 23.6 Å². The van der Waals surface area contributed by atoms with Crippen LogP contribution in [-0.4, -0.2) is 34.4 Å². The van der Waals surface area contributed by atoms with Crippen LogP contribution in [0, 0.1) is 5.82 Å². The zero-order valence-corrected chi connectivity index (χ0v) is 10.5. The highest BCUT2D eigenvalue weighted by atomic mass is 19.1. The van der Waals surface area contributed by atoms with Gasteiger partial charge in [-0.25, -0.2) is 4.39 Å².